The number of hydrogen-bond donors (Lipinski definition) is 1. The van der Waals surface area contributed by atoms with Crippen molar-refractivity contribution in [2.45, 2.75) is 33.8 Å². The minimum absolute atomic E-state index is 0.220. The second kappa shape index (κ2) is 6.74. The Balaban J connectivity index is 2.21. The van der Waals surface area contributed by atoms with Crippen molar-refractivity contribution < 1.29 is 28.3 Å². The first kappa shape index (κ1) is 17.5. The average molecular weight is 333 g/mol. The lowest BCUT2D eigenvalue weighted by molar-refractivity contribution is 0.0315. The van der Waals surface area contributed by atoms with E-state index in [0.717, 1.165) is 0 Å². The fourth-order valence-electron chi connectivity index (χ4n) is 2.48. The maximum Gasteiger partial charge on any atom is 0.342 e. The number of aromatic nitrogens is 1. The van der Waals surface area contributed by atoms with Gasteiger partial charge in [0.1, 0.15) is 11.3 Å². The fourth-order valence-corrected chi connectivity index (χ4v) is 2.48. The third-order valence-electron chi connectivity index (χ3n) is 3.81. The number of aromatic amines is 1. The summed E-state index contributed by atoms with van der Waals surface area (Å²) >= 11 is 0. The predicted octanol–water partition coefficient (Wildman–Crippen LogP) is 2.75. The molecule has 7 heteroatoms. The first-order valence-corrected chi connectivity index (χ1v) is 7.34. The summed E-state index contributed by atoms with van der Waals surface area (Å²) < 4.78 is 15.0. The largest absolute Gasteiger partial charge is 0.469 e. The number of rotatable bonds is 5. The van der Waals surface area contributed by atoms with Crippen molar-refractivity contribution in [1.82, 2.24) is 4.98 Å². The van der Waals surface area contributed by atoms with E-state index in [9.17, 15) is 14.4 Å². The summed E-state index contributed by atoms with van der Waals surface area (Å²) in [6, 6.07) is 1.48. The summed E-state index contributed by atoms with van der Waals surface area (Å²) in [5.74, 6) is -1.19. The number of aryl methyl sites for hydroxylation is 2. The molecular weight excluding hydrogens is 314 g/mol. The van der Waals surface area contributed by atoms with Crippen LogP contribution < -0.4 is 0 Å². The zero-order chi connectivity index (χ0) is 18.0. The first-order chi connectivity index (χ1) is 11.3. The molecule has 128 valence electrons. The quantitative estimate of drug-likeness (QED) is 0.667. The number of hydrogen-bond acceptors (Lipinski definition) is 6. The number of Topliss-reactive ketones (excluding diaryl/α,β-unsaturated/α-hetero) is 1. The second-order valence-electron chi connectivity index (χ2n) is 5.42. The van der Waals surface area contributed by atoms with E-state index in [2.05, 4.69) is 4.98 Å². The van der Waals surface area contributed by atoms with Gasteiger partial charge >= 0.3 is 11.9 Å². The monoisotopic (exact) mass is 333 g/mol. The molecule has 0 aliphatic carbocycles. The van der Waals surface area contributed by atoms with Crippen molar-refractivity contribution in [3.63, 3.8) is 0 Å². The van der Waals surface area contributed by atoms with Crippen LogP contribution in [0.25, 0.3) is 0 Å². The van der Waals surface area contributed by atoms with Crippen LogP contribution in [-0.2, 0) is 9.47 Å². The molecule has 1 unspecified atom stereocenters. The van der Waals surface area contributed by atoms with Gasteiger partial charge in [0, 0.05) is 5.69 Å². The molecule has 0 aliphatic rings. The molecule has 0 saturated heterocycles. The summed E-state index contributed by atoms with van der Waals surface area (Å²) in [6.45, 7) is 6.41. The van der Waals surface area contributed by atoms with Gasteiger partial charge in [-0.25, -0.2) is 9.59 Å². The molecule has 0 fully saturated rings. The van der Waals surface area contributed by atoms with Crippen molar-refractivity contribution in [2.75, 3.05) is 7.11 Å². The van der Waals surface area contributed by atoms with Gasteiger partial charge in [0.15, 0.2) is 6.10 Å². The fraction of sp³-hybridized carbons (Fsp3) is 0.353. The van der Waals surface area contributed by atoms with Crippen LogP contribution >= 0.6 is 0 Å². The molecule has 0 amide bonds. The molecule has 0 spiro atoms. The number of H-pyrrole nitrogens is 1. The van der Waals surface area contributed by atoms with Crippen LogP contribution in [0.15, 0.2) is 16.7 Å². The van der Waals surface area contributed by atoms with Crippen molar-refractivity contribution >= 4 is 17.7 Å². The van der Waals surface area contributed by atoms with Crippen molar-refractivity contribution in [2.24, 2.45) is 0 Å². The number of ether oxygens (including phenoxy) is 2. The van der Waals surface area contributed by atoms with E-state index < -0.39 is 23.8 Å². The molecule has 2 rings (SSSR count). The maximum absolute atomic E-state index is 12.5. The molecule has 24 heavy (non-hydrogen) atoms. The number of furan rings is 1. The van der Waals surface area contributed by atoms with E-state index in [4.69, 9.17) is 13.9 Å². The van der Waals surface area contributed by atoms with Crippen LogP contribution in [-0.4, -0.2) is 35.9 Å². The predicted molar refractivity (Wildman–Crippen MR) is 84.3 cm³/mol. The lowest BCUT2D eigenvalue weighted by Gasteiger charge is -2.11. The molecule has 0 radical (unpaired) electrons. The van der Waals surface area contributed by atoms with Crippen LogP contribution in [0.4, 0.5) is 0 Å². The number of carbonyl (C=O) groups excluding carboxylic acids is 3. The third-order valence-corrected chi connectivity index (χ3v) is 3.81. The smallest absolute Gasteiger partial charge is 0.342 e. The van der Waals surface area contributed by atoms with Gasteiger partial charge < -0.3 is 18.9 Å². The third kappa shape index (κ3) is 3.10. The SMILES string of the molecule is COC(=O)c1c(C)[nH]c(C(=O)C(C)OC(=O)c2ccoc2C)c1C. The van der Waals surface area contributed by atoms with E-state index in [0.29, 0.717) is 22.6 Å². The van der Waals surface area contributed by atoms with E-state index >= 15 is 0 Å². The molecule has 2 aromatic heterocycles. The minimum Gasteiger partial charge on any atom is -0.469 e. The number of carbonyl (C=O) groups is 3. The highest BCUT2D eigenvalue weighted by Gasteiger charge is 2.28. The molecular formula is C17H19NO6. The van der Waals surface area contributed by atoms with Crippen LogP contribution in [0.1, 0.15) is 55.1 Å². The van der Waals surface area contributed by atoms with E-state index in [1.807, 2.05) is 0 Å². The van der Waals surface area contributed by atoms with Gasteiger partial charge in [-0.1, -0.05) is 0 Å². The van der Waals surface area contributed by atoms with Crippen LogP contribution in [0.3, 0.4) is 0 Å². The van der Waals surface area contributed by atoms with Crippen molar-refractivity contribution in [3.8, 4) is 0 Å². The topological polar surface area (TPSA) is 98.6 Å². The molecule has 0 saturated carbocycles. The number of nitrogens with one attached hydrogen (secondary N) is 1. The van der Waals surface area contributed by atoms with Gasteiger partial charge in [-0.2, -0.15) is 0 Å². The van der Waals surface area contributed by atoms with E-state index in [1.165, 1.54) is 26.4 Å². The minimum atomic E-state index is -1.02. The highest BCUT2D eigenvalue weighted by Crippen LogP contribution is 2.21. The molecule has 2 heterocycles. The second-order valence-corrected chi connectivity index (χ2v) is 5.42. The Morgan fingerprint density at radius 3 is 2.38 bits per heavy atom. The van der Waals surface area contributed by atoms with E-state index in [-0.39, 0.29) is 11.3 Å². The lowest BCUT2D eigenvalue weighted by Crippen LogP contribution is -2.25. The number of methoxy groups -OCH3 is 1. The Bertz CT molecular complexity index is 798. The Kier molecular flexibility index (Phi) is 4.92. The standard InChI is InChI=1S/C17H19NO6/c1-8-13(17(21)22-5)9(2)18-14(8)15(19)11(4)24-16(20)12-6-7-23-10(12)3/h6-7,11,18H,1-5H3. The highest BCUT2D eigenvalue weighted by molar-refractivity contribution is 6.04. The summed E-state index contributed by atoms with van der Waals surface area (Å²) in [6.07, 6.45) is 0.355. The first-order valence-electron chi connectivity index (χ1n) is 7.34. The van der Waals surface area contributed by atoms with Crippen molar-refractivity contribution in [3.05, 3.63) is 46.2 Å². The molecule has 2 aromatic rings. The Labute approximate surface area is 138 Å². The summed E-state index contributed by atoms with van der Waals surface area (Å²) in [5.41, 5.74) is 1.78. The van der Waals surface area contributed by atoms with Gasteiger partial charge in [-0.3, -0.25) is 4.79 Å². The zero-order valence-corrected chi connectivity index (χ0v) is 14.2. The zero-order valence-electron chi connectivity index (χ0n) is 14.2. The molecule has 0 bridgehead atoms. The van der Waals surface area contributed by atoms with Gasteiger partial charge in [-0.05, 0) is 39.3 Å². The van der Waals surface area contributed by atoms with Crippen LogP contribution in [0.5, 0.6) is 0 Å². The van der Waals surface area contributed by atoms with Crippen molar-refractivity contribution in [1.29, 1.82) is 0 Å². The maximum atomic E-state index is 12.5. The number of esters is 2. The summed E-state index contributed by atoms with van der Waals surface area (Å²) in [7, 11) is 1.27. The molecule has 0 aliphatic heterocycles. The van der Waals surface area contributed by atoms with Gasteiger partial charge in [0.25, 0.3) is 0 Å². The summed E-state index contributed by atoms with van der Waals surface area (Å²) in [5, 5.41) is 0. The van der Waals surface area contributed by atoms with Crippen LogP contribution in [0.2, 0.25) is 0 Å². The van der Waals surface area contributed by atoms with Crippen LogP contribution in [0, 0.1) is 20.8 Å². The lowest BCUT2D eigenvalue weighted by atomic mass is 10.1. The Hall–Kier alpha value is -2.83. The molecule has 1 atom stereocenters. The van der Waals surface area contributed by atoms with Gasteiger partial charge in [-0.15, -0.1) is 0 Å². The van der Waals surface area contributed by atoms with Gasteiger partial charge in [0.2, 0.25) is 5.78 Å². The van der Waals surface area contributed by atoms with E-state index in [1.54, 1.807) is 20.8 Å². The Morgan fingerprint density at radius 2 is 1.83 bits per heavy atom. The van der Waals surface area contributed by atoms with Gasteiger partial charge in [0.05, 0.1) is 24.6 Å². The normalized spacial score (nSPS) is 11.9. The Morgan fingerprint density at radius 1 is 1.17 bits per heavy atom. The highest BCUT2D eigenvalue weighted by atomic mass is 16.5. The number of ketones is 1. The molecule has 1 N–H and O–H groups in total. The summed E-state index contributed by atoms with van der Waals surface area (Å²) in [4.78, 5) is 39.3. The molecule has 7 nitrogen and oxygen atoms in total. The average Bonchev–Trinajstić information content (AvgIpc) is 3.09. The molecule has 0 aromatic carbocycles.